The normalized spacial score (nSPS) is 17.5. The molecule has 1 unspecified atom stereocenters. The van der Waals surface area contributed by atoms with Crippen molar-refractivity contribution in [1.82, 2.24) is 9.62 Å². The fourth-order valence-electron chi connectivity index (χ4n) is 4.31. The molecule has 1 fully saturated rings. The van der Waals surface area contributed by atoms with Crippen molar-refractivity contribution in [2.45, 2.75) is 44.4 Å². The summed E-state index contributed by atoms with van der Waals surface area (Å²) in [7, 11) is -3.57. The molecule has 1 aliphatic heterocycles. The molecule has 2 heterocycles. The lowest BCUT2D eigenvalue weighted by molar-refractivity contribution is 0.0927. The highest BCUT2D eigenvalue weighted by atomic mass is 32.2. The summed E-state index contributed by atoms with van der Waals surface area (Å²) in [5.41, 5.74) is 2.41. The van der Waals surface area contributed by atoms with Gasteiger partial charge in [-0.05, 0) is 62.3 Å². The Morgan fingerprint density at radius 3 is 2.72 bits per heavy atom. The Morgan fingerprint density at radius 2 is 1.97 bits per heavy atom. The van der Waals surface area contributed by atoms with Gasteiger partial charge in [0.05, 0.1) is 4.90 Å². The Hall–Kier alpha value is -2.64. The van der Waals surface area contributed by atoms with Crippen LogP contribution in [0.3, 0.4) is 0 Å². The van der Waals surface area contributed by atoms with Gasteiger partial charge in [-0.1, -0.05) is 37.3 Å². The molecule has 0 spiro atoms. The van der Waals surface area contributed by atoms with Gasteiger partial charge in [-0.3, -0.25) is 4.79 Å². The topological polar surface area (TPSA) is 79.6 Å². The quantitative estimate of drug-likeness (QED) is 0.532. The molecular formula is C25H30N2O4S. The van der Waals surface area contributed by atoms with E-state index in [9.17, 15) is 13.2 Å². The molecule has 1 aliphatic rings. The highest BCUT2D eigenvalue weighted by Crippen LogP contribution is 2.30. The standard InChI is InChI=1S/C25H30N2O4S/c1-18-8-7-15-27(17-18)32(29,30)21-12-13-23-22(16-21)19(2)24(31-23)25(28)26-14-6-11-20-9-4-3-5-10-20/h3-5,9-10,12-13,16,18H,6-8,11,14-15,17H2,1-2H3,(H,26,28). The van der Waals surface area contributed by atoms with Gasteiger partial charge in [0.25, 0.3) is 5.91 Å². The Kier molecular flexibility index (Phi) is 6.67. The van der Waals surface area contributed by atoms with Gasteiger partial charge in [0.1, 0.15) is 5.58 Å². The molecule has 1 saturated heterocycles. The summed E-state index contributed by atoms with van der Waals surface area (Å²) >= 11 is 0. The van der Waals surface area contributed by atoms with Crippen molar-refractivity contribution >= 4 is 26.9 Å². The first kappa shape index (κ1) is 22.6. The largest absolute Gasteiger partial charge is 0.451 e. The molecule has 2 aromatic carbocycles. The molecular weight excluding hydrogens is 424 g/mol. The molecule has 0 saturated carbocycles. The Morgan fingerprint density at radius 1 is 1.19 bits per heavy atom. The number of sulfonamides is 1. The number of nitrogens with one attached hydrogen (secondary N) is 1. The lowest BCUT2D eigenvalue weighted by Gasteiger charge is -2.30. The summed E-state index contributed by atoms with van der Waals surface area (Å²) in [6.45, 7) is 5.50. The van der Waals surface area contributed by atoms with E-state index >= 15 is 0 Å². The molecule has 7 heteroatoms. The second-order valence-electron chi connectivity index (χ2n) is 8.67. The van der Waals surface area contributed by atoms with Crippen LogP contribution < -0.4 is 5.32 Å². The van der Waals surface area contributed by atoms with E-state index in [-0.39, 0.29) is 16.6 Å². The number of furan rings is 1. The summed E-state index contributed by atoms with van der Waals surface area (Å²) in [5.74, 6) is 0.317. The van der Waals surface area contributed by atoms with E-state index in [0.717, 1.165) is 25.7 Å². The van der Waals surface area contributed by atoms with Crippen LogP contribution in [-0.4, -0.2) is 38.3 Å². The average Bonchev–Trinajstić information content (AvgIpc) is 3.13. The van der Waals surface area contributed by atoms with E-state index in [2.05, 4.69) is 24.4 Å². The summed E-state index contributed by atoms with van der Waals surface area (Å²) in [6.07, 6.45) is 3.64. The predicted molar refractivity (Wildman–Crippen MR) is 125 cm³/mol. The second-order valence-corrected chi connectivity index (χ2v) is 10.6. The smallest absolute Gasteiger partial charge is 0.287 e. The maximum atomic E-state index is 13.1. The van der Waals surface area contributed by atoms with E-state index in [1.54, 1.807) is 29.4 Å². The first-order valence-electron chi connectivity index (χ1n) is 11.2. The number of fused-ring (bicyclic) bond motifs is 1. The van der Waals surface area contributed by atoms with Crippen LogP contribution in [0.1, 0.15) is 47.9 Å². The van der Waals surface area contributed by atoms with Crippen LogP contribution in [-0.2, 0) is 16.4 Å². The lowest BCUT2D eigenvalue weighted by atomic mass is 10.0. The van der Waals surface area contributed by atoms with Crippen molar-refractivity contribution in [3.63, 3.8) is 0 Å². The Bertz CT molecular complexity index is 1200. The zero-order valence-electron chi connectivity index (χ0n) is 18.6. The van der Waals surface area contributed by atoms with Crippen LogP contribution in [0.5, 0.6) is 0 Å². The zero-order valence-corrected chi connectivity index (χ0v) is 19.5. The van der Waals surface area contributed by atoms with Gasteiger partial charge >= 0.3 is 0 Å². The molecule has 32 heavy (non-hydrogen) atoms. The van der Waals surface area contributed by atoms with Gasteiger partial charge in [0.15, 0.2) is 5.76 Å². The highest BCUT2D eigenvalue weighted by molar-refractivity contribution is 7.89. The molecule has 1 atom stereocenters. The van der Waals surface area contributed by atoms with Crippen molar-refractivity contribution in [3.8, 4) is 0 Å². The first-order valence-corrected chi connectivity index (χ1v) is 12.7. The molecule has 0 bridgehead atoms. The predicted octanol–water partition coefficient (Wildman–Crippen LogP) is 4.52. The number of carbonyl (C=O) groups excluding carboxylic acids is 1. The third-order valence-electron chi connectivity index (χ3n) is 6.14. The third kappa shape index (κ3) is 4.74. The number of hydrogen-bond donors (Lipinski definition) is 1. The monoisotopic (exact) mass is 454 g/mol. The molecule has 6 nitrogen and oxygen atoms in total. The fraction of sp³-hybridized carbons (Fsp3) is 0.400. The van der Waals surface area contributed by atoms with Gasteiger partial charge < -0.3 is 9.73 Å². The van der Waals surface area contributed by atoms with Crippen molar-refractivity contribution in [1.29, 1.82) is 0 Å². The van der Waals surface area contributed by atoms with Crippen LogP contribution in [0.4, 0.5) is 0 Å². The van der Waals surface area contributed by atoms with Crippen LogP contribution in [0.25, 0.3) is 11.0 Å². The molecule has 3 aromatic rings. The molecule has 0 radical (unpaired) electrons. The molecule has 1 N–H and O–H groups in total. The average molecular weight is 455 g/mol. The van der Waals surface area contributed by atoms with Gasteiger partial charge in [0, 0.05) is 30.6 Å². The zero-order chi connectivity index (χ0) is 22.7. The number of carbonyl (C=O) groups is 1. The van der Waals surface area contributed by atoms with Gasteiger partial charge in [0.2, 0.25) is 10.0 Å². The number of rotatable bonds is 7. The minimum Gasteiger partial charge on any atom is -0.451 e. The third-order valence-corrected chi connectivity index (χ3v) is 8.00. The van der Waals surface area contributed by atoms with Crippen LogP contribution in [0.15, 0.2) is 57.8 Å². The van der Waals surface area contributed by atoms with Gasteiger partial charge in [-0.2, -0.15) is 4.31 Å². The van der Waals surface area contributed by atoms with E-state index in [1.807, 2.05) is 18.2 Å². The molecule has 4 rings (SSSR count). The first-order chi connectivity index (χ1) is 15.4. The number of amides is 1. The van der Waals surface area contributed by atoms with Crippen LogP contribution in [0.2, 0.25) is 0 Å². The summed E-state index contributed by atoms with van der Waals surface area (Å²) in [6, 6.07) is 15.0. The van der Waals surface area contributed by atoms with Crippen molar-refractivity contribution in [2.24, 2.45) is 5.92 Å². The minimum atomic E-state index is -3.57. The molecule has 0 aliphatic carbocycles. The van der Waals surface area contributed by atoms with Gasteiger partial charge in [-0.15, -0.1) is 0 Å². The number of hydrogen-bond acceptors (Lipinski definition) is 4. The Labute approximate surface area is 189 Å². The van der Waals surface area contributed by atoms with Gasteiger partial charge in [-0.25, -0.2) is 8.42 Å². The highest BCUT2D eigenvalue weighted by Gasteiger charge is 2.29. The SMILES string of the molecule is Cc1c(C(=O)NCCCc2ccccc2)oc2ccc(S(=O)(=O)N3CCCC(C)C3)cc12. The van der Waals surface area contributed by atoms with E-state index in [0.29, 0.717) is 42.1 Å². The summed E-state index contributed by atoms with van der Waals surface area (Å²) in [5, 5.41) is 3.57. The van der Waals surface area contributed by atoms with Crippen molar-refractivity contribution in [3.05, 3.63) is 65.4 Å². The Balaban J connectivity index is 1.47. The lowest BCUT2D eigenvalue weighted by Crippen LogP contribution is -2.39. The van der Waals surface area contributed by atoms with Crippen molar-refractivity contribution in [2.75, 3.05) is 19.6 Å². The summed E-state index contributed by atoms with van der Waals surface area (Å²) in [4.78, 5) is 12.9. The maximum Gasteiger partial charge on any atom is 0.287 e. The molecule has 1 amide bonds. The fourth-order valence-corrected chi connectivity index (χ4v) is 5.94. The summed E-state index contributed by atoms with van der Waals surface area (Å²) < 4.78 is 33.6. The number of benzene rings is 2. The molecule has 170 valence electrons. The molecule has 1 aromatic heterocycles. The minimum absolute atomic E-state index is 0.237. The van der Waals surface area contributed by atoms with Crippen LogP contribution in [0, 0.1) is 12.8 Å². The van der Waals surface area contributed by atoms with E-state index in [4.69, 9.17) is 4.42 Å². The number of piperidine rings is 1. The maximum absolute atomic E-state index is 13.1. The van der Waals surface area contributed by atoms with Crippen molar-refractivity contribution < 1.29 is 17.6 Å². The van der Waals surface area contributed by atoms with E-state index < -0.39 is 10.0 Å². The number of nitrogens with zero attached hydrogens (tertiary/aromatic N) is 1. The van der Waals surface area contributed by atoms with E-state index in [1.165, 1.54) is 5.56 Å². The second kappa shape index (κ2) is 9.46. The van der Waals surface area contributed by atoms with Crippen LogP contribution >= 0.6 is 0 Å². The number of aryl methyl sites for hydroxylation is 2.